The van der Waals surface area contributed by atoms with Crippen molar-refractivity contribution in [2.45, 2.75) is 51.2 Å². The Morgan fingerprint density at radius 3 is 2.52 bits per heavy atom. The molecule has 33 heavy (non-hydrogen) atoms. The molecule has 1 amide bonds. The molecule has 0 unspecified atom stereocenters. The van der Waals surface area contributed by atoms with Gasteiger partial charge < -0.3 is 14.6 Å². The van der Waals surface area contributed by atoms with E-state index in [0.29, 0.717) is 29.8 Å². The van der Waals surface area contributed by atoms with E-state index >= 15 is 0 Å². The highest BCUT2D eigenvalue weighted by Crippen LogP contribution is 2.17. The number of aryl methyl sites for hydroxylation is 1. The lowest BCUT2D eigenvalue weighted by Crippen LogP contribution is -2.33. The Morgan fingerprint density at radius 2 is 1.85 bits per heavy atom. The van der Waals surface area contributed by atoms with Crippen molar-refractivity contribution in [2.75, 3.05) is 13.2 Å². The van der Waals surface area contributed by atoms with Gasteiger partial charge in [-0.05, 0) is 52.0 Å². The minimum atomic E-state index is -3.88. The number of nitrogens with one attached hydrogen (secondary N) is 1. The molecular formula is C23H28BN3O5S. The van der Waals surface area contributed by atoms with Crippen LogP contribution in [0, 0.1) is 6.92 Å². The number of amides is 1. The molecule has 0 saturated carbocycles. The van der Waals surface area contributed by atoms with Crippen molar-refractivity contribution in [1.82, 2.24) is 14.9 Å². The van der Waals surface area contributed by atoms with Crippen LogP contribution in [-0.4, -0.2) is 50.7 Å². The molecule has 2 aromatic carbocycles. The number of rotatable bonds is 8. The summed E-state index contributed by atoms with van der Waals surface area (Å²) >= 11 is 0. The first kappa shape index (κ1) is 24.8. The van der Waals surface area contributed by atoms with Crippen LogP contribution in [0.25, 0.3) is 11.0 Å². The number of ether oxygens (including phenoxy) is 1. The summed E-state index contributed by atoms with van der Waals surface area (Å²) in [4.78, 5) is 16.6. The summed E-state index contributed by atoms with van der Waals surface area (Å²) in [5.74, 6) is 0.669. The first-order valence-electron chi connectivity index (χ1n) is 10.6. The summed E-state index contributed by atoms with van der Waals surface area (Å²) in [6.45, 7) is 7.75. The van der Waals surface area contributed by atoms with E-state index in [4.69, 9.17) is 16.8 Å². The molecule has 2 radical (unpaired) electrons. The maximum Gasteiger partial charge on any atom is 0.407 e. The number of nitrogens with zero attached hydrogens (tertiary/aromatic N) is 2. The first-order chi connectivity index (χ1) is 15.4. The standard InChI is InChI=1S/C23H28BN3O5S/c1-16-5-8-18(9-6-16)33(29,30)31-14-13-27-20-10-7-17(24)15-19(20)26-21(27)11-12-25-22(28)32-23(2,3)4/h5-10,15H,11-14H2,1-4H3,(H,25,28). The van der Waals surface area contributed by atoms with Gasteiger partial charge in [0.2, 0.25) is 0 Å². The van der Waals surface area contributed by atoms with Crippen LogP contribution in [0.15, 0.2) is 47.4 Å². The molecule has 174 valence electrons. The maximum absolute atomic E-state index is 12.5. The number of fused-ring (bicyclic) bond motifs is 1. The van der Waals surface area contributed by atoms with Gasteiger partial charge in [-0.3, -0.25) is 4.18 Å². The molecule has 1 aromatic heterocycles. The van der Waals surface area contributed by atoms with Gasteiger partial charge in [-0.25, -0.2) is 9.78 Å². The van der Waals surface area contributed by atoms with Gasteiger partial charge >= 0.3 is 6.09 Å². The highest BCUT2D eigenvalue weighted by molar-refractivity contribution is 7.86. The molecule has 0 fully saturated rings. The first-order valence-corrected chi connectivity index (χ1v) is 12.0. The number of carbonyl (C=O) groups is 1. The van der Waals surface area contributed by atoms with Gasteiger partial charge in [-0.1, -0.05) is 29.2 Å². The molecular weight excluding hydrogens is 441 g/mol. The van der Waals surface area contributed by atoms with E-state index in [-0.39, 0.29) is 18.0 Å². The average molecular weight is 469 g/mol. The lowest BCUT2D eigenvalue weighted by molar-refractivity contribution is 0.0528. The summed E-state index contributed by atoms with van der Waals surface area (Å²) < 4.78 is 37.4. The van der Waals surface area contributed by atoms with E-state index < -0.39 is 21.8 Å². The minimum Gasteiger partial charge on any atom is -0.444 e. The summed E-state index contributed by atoms with van der Waals surface area (Å²) in [5.41, 5.74) is 2.43. The van der Waals surface area contributed by atoms with Crippen molar-refractivity contribution in [3.05, 3.63) is 53.9 Å². The van der Waals surface area contributed by atoms with Crippen molar-refractivity contribution < 1.29 is 22.1 Å². The topological polar surface area (TPSA) is 99.5 Å². The van der Waals surface area contributed by atoms with Crippen LogP contribution in [0.3, 0.4) is 0 Å². The number of alkyl carbamates (subject to hydrolysis) is 1. The van der Waals surface area contributed by atoms with Crippen LogP contribution < -0.4 is 10.8 Å². The number of hydrogen-bond acceptors (Lipinski definition) is 6. The van der Waals surface area contributed by atoms with E-state index in [1.807, 2.05) is 17.6 Å². The maximum atomic E-state index is 12.5. The Balaban J connectivity index is 1.71. The van der Waals surface area contributed by atoms with Gasteiger partial charge in [0.15, 0.2) is 0 Å². The third-order valence-electron chi connectivity index (χ3n) is 4.73. The minimum absolute atomic E-state index is 0.0709. The zero-order valence-corrected chi connectivity index (χ0v) is 20.1. The van der Waals surface area contributed by atoms with E-state index in [1.165, 1.54) is 12.1 Å². The summed E-state index contributed by atoms with van der Waals surface area (Å²) in [7, 11) is 2.01. The molecule has 1 heterocycles. The number of hydrogen-bond donors (Lipinski definition) is 1. The van der Waals surface area contributed by atoms with Crippen LogP contribution >= 0.6 is 0 Å². The fourth-order valence-corrected chi connectivity index (χ4v) is 4.14. The number of aromatic nitrogens is 2. The predicted octanol–water partition coefficient (Wildman–Crippen LogP) is 2.61. The Labute approximate surface area is 195 Å². The molecule has 0 bridgehead atoms. The van der Waals surface area contributed by atoms with Gasteiger partial charge in [0.25, 0.3) is 10.1 Å². The van der Waals surface area contributed by atoms with Crippen LogP contribution in [0.4, 0.5) is 4.79 Å². The molecule has 0 aliphatic rings. The molecule has 0 aliphatic heterocycles. The number of benzene rings is 2. The normalized spacial score (nSPS) is 12.1. The fourth-order valence-electron chi connectivity index (χ4n) is 3.24. The second-order valence-corrected chi connectivity index (χ2v) is 10.3. The largest absolute Gasteiger partial charge is 0.444 e. The van der Waals surface area contributed by atoms with Crippen LogP contribution in [0.5, 0.6) is 0 Å². The van der Waals surface area contributed by atoms with Gasteiger partial charge in [-0.2, -0.15) is 8.42 Å². The molecule has 8 nitrogen and oxygen atoms in total. The van der Waals surface area contributed by atoms with Crippen molar-refractivity contribution in [1.29, 1.82) is 0 Å². The second kappa shape index (κ2) is 9.97. The van der Waals surface area contributed by atoms with Crippen LogP contribution in [0.1, 0.15) is 32.2 Å². The Bertz CT molecular complexity index is 1230. The third-order valence-corrected chi connectivity index (χ3v) is 6.06. The molecule has 3 aromatic rings. The van der Waals surface area contributed by atoms with E-state index in [2.05, 4.69) is 10.3 Å². The van der Waals surface area contributed by atoms with E-state index in [9.17, 15) is 13.2 Å². The number of imidazole rings is 1. The van der Waals surface area contributed by atoms with E-state index in [1.54, 1.807) is 45.0 Å². The number of carbonyl (C=O) groups excluding carboxylic acids is 1. The van der Waals surface area contributed by atoms with Gasteiger partial charge in [0.1, 0.15) is 19.3 Å². The van der Waals surface area contributed by atoms with Crippen molar-refractivity contribution in [3.8, 4) is 0 Å². The monoisotopic (exact) mass is 469 g/mol. The summed E-state index contributed by atoms with van der Waals surface area (Å²) in [6, 6.07) is 11.8. The highest BCUT2D eigenvalue weighted by Gasteiger charge is 2.18. The Hall–Kier alpha value is -2.85. The molecule has 10 heteroatoms. The second-order valence-electron chi connectivity index (χ2n) is 8.70. The Morgan fingerprint density at radius 1 is 1.15 bits per heavy atom. The SMILES string of the molecule is [B]c1ccc2c(c1)nc(CCNC(=O)OC(C)(C)C)n2CCOS(=O)(=O)c1ccc(C)cc1. The van der Waals surface area contributed by atoms with Gasteiger partial charge in [0.05, 0.1) is 22.5 Å². The fraction of sp³-hybridized carbons (Fsp3) is 0.391. The van der Waals surface area contributed by atoms with Crippen molar-refractivity contribution >= 4 is 40.6 Å². The van der Waals surface area contributed by atoms with Crippen molar-refractivity contribution in [3.63, 3.8) is 0 Å². The average Bonchev–Trinajstić information content (AvgIpc) is 3.03. The molecule has 0 spiro atoms. The highest BCUT2D eigenvalue weighted by atomic mass is 32.2. The van der Waals surface area contributed by atoms with Gasteiger partial charge in [-0.15, -0.1) is 0 Å². The molecule has 0 saturated heterocycles. The molecule has 3 rings (SSSR count). The quantitative estimate of drug-likeness (QED) is 0.402. The molecule has 0 atom stereocenters. The molecule has 1 N–H and O–H groups in total. The third kappa shape index (κ3) is 6.82. The smallest absolute Gasteiger partial charge is 0.407 e. The zero-order chi connectivity index (χ0) is 24.2. The van der Waals surface area contributed by atoms with Crippen LogP contribution in [-0.2, 0) is 32.0 Å². The summed E-state index contributed by atoms with van der Waals surface area (Å²) in [5, 5.41) is 2.71. The lowest BCUT2D eigenvalue weighted by atomic mass is 9.96. The zero-order valence-electron chi connectivity index (χ0n) is 19.3. The lowest BCUT2D eigenvalue weighted by Gasteiger charge is -2.19. The van der Waals surface area contributed by atoms with E-state index in [0.717, 1.165) is 11.1 Å². The summed E-state index contributed by atoms with van der Waals surface area (Å²) in [6.07, 6.45) is -0.0969. The molecule has 0 aliphatic carbocycles. The predicted molar refractivity (Wildman–Crippen MR) is 127 cm³/mol. The Kier molecular flexibility index (Phi) is 7.49. The van der Waals surface area contributed by atoms with Gasteiger partial charge in [0, 0.05) is 19.5 Å². The van der Waals surface area contributed by atoms with Crippen LogP contribution in [0.2, 0.25) is 0 Å². The van der Waals surface area contributed by atoms with Crippen molar-refractivity contribution in [2.24, 2.45) is 0 Å².